The number of quaternary nitrogens is 1. The first kappa shape index (κ1) is 21.1. The van der Waals surface area contributed by atoms with E-state index in [4.69, 9.17) is 19.8 Å². The number of carbonyl (C=O) groups is 2. The maximum atomic E-state index is 9.04. The Morgan fingerprint density at radius 3 is 2.11 bits per heavy atom. The maximum Gasteiger partial charge on any atom is 0.351 e. The second kappa shape index (κ2) is 9.67. The molecule has 0 heterocycles. The lowest BCUT2D eigenvalue weighted by atomic mass is 10.0. The van der Waals surface area contributed by atoms with E-state index in [9.17, 15) is 0 Å². The van der Waals surface area contributed by atoms with Gasteiger partial charge in [0.15, 0.2) is 5.97 Å². The monoisotopic (exact) mass is 379 g/mol. The fourth-order valence-corrected chi connectivity index (χ4v) is 3.14. The standard InChI is InChI=1S/C21H24N.C2H2O4/c1-22(2,20-14-4-3-5-15-20)17-9-13-19-12-8-11-18-10-6-7-16-21(18)19;3-1(4)2(5)6/h3-8,10-12,14-16H,9,13,17H2,1-2H3;(H,3,4)(H,5,6)/q+1;/p-1. The SMILES string of the molecule is C[N+](C)(CCCc1cccc2ccccc12)c1ccccc1.O=C([O-])C(=O)O. The van der Waals surface area contributed by atoms with Gasteiger partial charge in [0.25, 0.3) is 0 Å². The van der Waals surface area contributed by atoms with E-state index in [0.717, 1.165) is 17.4 Å². The summed E-state index contributed by atoms with van der Waals surface area (Å²) in [6.45, 7) is 1.15. The highest BCUT2D eigenvalue weighted by Gasteiger charge is 2.17. The summed E-state index contributed by atoms with van der Waals surface area (Å²) in [4.78, 5) is 18.0. The predicted octanol–water partition coefficient (Wildman–Crippen LogP) is 2.86. The number of rotatable bonds is 5. The molecule has 0 bridgehead atoms. The van der Waals surface area contributed by atoms with Crippen molar-refractivity contribution >= 4 is 28.4 Å². The molecule has 0 fully saturated rings. The number of para-hydroxylation sites is 1. The molecule has 0 aliphatic carbocycles. The first-order valence-electron chi connectivity index (χ1n) is 9.11. The number of benzene rings is 3. The molecule has 0 spiro atoms. The summed E-state index contributed by atoms with van der Waals surface area (Å²) in [5, 5.41) is 19.1. The van der Waals surface area contributed by atoms with Gasteiger partial charge in [-0.15, -0.1) is 0 Å². The molecule has 0 aromatic heterocycles. The van der Waals surface area contributed by atoms with E-state index in [-0.39, 0.29) is 0 Å². The Labute approximate surface area is 165 Å². The Hall–Kier alpha value is -3.18. The van der Waals surface area contributed by atoms with Gasteiger partial charge in [-0.25, -0.2) is 4.79 Å². The quantitative estimate of drug-likeness (QED) is 0.546. The summed E-state index contributed by atoms with van der Waals surface area (Å²) in [6, 6.07) is 26.1. The van der Waals surface area contributed by atoms with Gasteiger partial charge in [0.05, 0.1) is 20.6 Å². The summed E-state index contributed by atoms with van der Waals surface area (Å²) in [7, 11) is 4.58. The third-order valence-corrected chi connectivity index (χ3v) is 4.67. The van der Waals surface area contributed by atoms with Crippen molar-refractivity contribution in [1.82, 2.24) is 4.48 Å². The average molecular weight is 379 g/mol. The van der Waals surface area contributed by atoms with Crippen LogP contribution in [0.3, 0.4) is 0 Å². The van der Waals surface area contributed by atoms with E-state index >= 15 is 0 Å². The molecular formula is C23H25NO4. The van der Waals surface area contributed by atoms with Crippen LogP contribution in [0.5, 0.6) is 0 Å². The summed E-state index contributed by atoms with van der Waals surface area (Å²) in [6.07, 6.45) is 2.33. The van der Waals surface area contributed by atoms with Gasteiger partial charge in [-0.05, 0) is 34.9 Å². The number of nitrogens with zero attached hydrogens (tertiary/aromatic N) is 1. The van der Waals surface area contributed by atoms with Crippen LogP contribution in [-0.2, 0) is 16.0 Å². The van der Waals surface area contributed by atoms with Crippen molar-refractivity contribution in [2.45, 2.75) is 12.8 Å². The van der Waals surface area contributed by atoms with Crippen molar-refractivity contribution in [1.29, 1.82) is 0 Å². The third kappa shape index (κ3) is 5.93. The van der Waals surface area contributed by atoms with Gasteiger partial charge in [0.1, 0.15) is 5.69 Å². The van der Waals surface area contributed by atoms with Gasteiger partial charge in [-0.2, -0.15) is 0 Å². The Morgan fingerprint density at radius 2 is 1.46 bits per heavy atom. The zero-order valence-electron chi connectivity index (χ0n) is 16.2. The molecule has 3 rings (SSSR count). The normalized spacial score (nSPS) is 10.8. The van der Waals surface area contributed by atoms with Crippen LogP contribution in [0.15, 0.2) is 72.8 Å². The van der Waals surface area contributed by atoms with Gasteiger partial charge in [-0.1, -0.05) is 60.7 Å². The topological polar surface area (TPSA) is 77.4 Å². The van der Waals surface area contributed by atoms with Crippen LogP contribution in [0.25, 0.3) is 10.8 Å². The molecule has 0 atom stereocenters. The van der Waals surface area contributed by atoms with Crippen molar-refractivity contribution in [3.63, 3.8) is 0 Å². The first-order chi connectivity index (χ1) is 13.3. The summed E-state index contributed by atoms with van der Waals surface area (Å²) >= 11 is 0. The molecule has 0 unspecified atom stereocenters. The van der Waals surface area contributed by atoms with Crippen molar-refractivity contribution in [2.75, 3.05) is 20.6 Å². The number of carbonyl (C=O) groups excluding carboxylic acids is 1. The van der Waals surface area contributed by atoms with Crippen LogP contribution in [-0.4, -0.2) is 37.7 Å². The molecule has 28 heavy (non-hydrogen) atoms. The molecule has 0 saturated heterocycles. The van der Waals surface area contributed by atoms with Crippen molar-refractivity contribution < 1.29 is 19.8 Å². The van der Waals surface area contributed by atoms with E-state index in [2.05, 4.69) is 86.9 Å². The minimum atomic E-state index is -2.07. The number of carboxylic acids is 2. The van der Waals surface area contributed by atoms with Crippen LogP contribution in [0, 0.1) is 0 Å². The fraction of sp³-hybridized carbons (Fsp3) is 0.217. The molecule has 146 valence electrons. The Bertz CT molecular complexity index is 918. The smallest absolute Gasteiger partial charge is 0.351 e. The molecule has 0 saturated carbocycles. The molecule has 5 nitrogen and oxygen atoms in total. The second-order valence-corrected chi connectivity index (χ2v) is 7.08. The largest absolute Gasteiger partial charge is 0.539 e. The number of aryl methyl sites for hydroxylation is 1. The first-order valence-corrected chi connectivity index (χ1v) is 9.11. The molecule has 5 heteroatoms. The van der Waals surface area contributed by atoms with E-state index in [1.807, 2.05) is 0 Å². The Kier molecular flexibility index (Phi) is 7.29. The van der Waals surface area contributed by atoms with Crippen molar-refractivity contribution in [3.8, 4) is 0 Å². The minimum Gasteiger partial charge on any atom is -0.539 e. The van der Waals surface area contributed by atoms with Crippen LogP contribution in [0.4, 0.5) is 5.69 Å². The van der Waals surface area contributed by atoms with E-state index < -0.39 is 11.9 Å². The zero-order chi connectivity index (χ0) is 20.6. The molecule has 1 N–H and O–H groups in total. The van der Waals surface area contributed by atoms with Gasteiger partial charge in [0, 0.05) is 6.42 Å². The molecule has 3 aromatic carbocycles. The van der Waals surface area contributed by atoms with Gasteiger partial charge in [0.2, 0.25) is 0 Å². The molecule has 0 aliphatic rings. The lowest BCUT2D eigenvalue weighted by molar-refractivity contribution is -0.303. The molecule has 3 aromatic rings. The van der Waals surface area contributed by atoms with E-state index in [1.54, 1.807) is 0 Å². The predicted molar refractivity (Wildman–Crippen MR) is 110 cm³/mol. The second-order valence-electron chi connectivity index (χ2n) is 7.08. The molecule has 0 radical (unpaired) electrons. The molecule has 0 aliphatic heterocycles. The lowest BCUT2D eigenvalue weighted by Gasteiger charge is -2.29. The van der Waals surface area contributed by atoms with Gasteiger partial charge >= 0.3 is 5.97 Å². The molecule has 0 amide bonds. The number of aliphatic carboxylic acids is 2. The number of fused-ring (bicyclic) bond motifs is 1. The Morgan fingerprint density at radius 1 is 0.893 bits per heavy atom. The van der Waals surface area contributed by atoms with Crippen LogP contribution < -0.4 is 9.59 Å². The minimum absolute atomic E-state index is 0.936. The summed E-state index contributed by atoms with van der Waals surface area (Å²) in [5.74, 6) is -4.01. The van der Waals surface area contributed by atoms with Crippen LogP contribution in [0.2, 0.25) is 0 Å². The summed E-state index contributed by atoms with van der Waals surface area (Å²) in [5.41, 5.74) is 2.84. The van der Waals surface area contributed by atoms with E-state index in [1.165, 1.54) is 28.4 Å². The number of hydrogen-bond acceptors (Lipinski definition) is 3. The number of carboxylic acid groups (broad SMARTS) is 2. The van der Waals surface area contributed by atoms with Crippen LogP contribution >= 0.6 is 0 Å². The lowest BCUT2D eigenvalue weighted by Crippen LogP contribution is -2.41. The summed E-state index contributed by atoms with van der Waals surface area (Å²) < 4.78 is 0.936. The highest BCUT2D eigenvalue weighted by atomic mass is 16.4. The fourth-order valence-electron chi connectivity index (χ4n) is 3.14. The van der Waals surface area contributed by atoms with Gasteiger partial charge in [-0.3, -0.25) is 4.48 Å². The van der Waals surface area contributed by atoms with E-state index in [0.29, 0.717) is 0 Å². The zero-order valence-corrected chi connectivity index (χ0v) is 16.2. The molecular weight excluding hydrogens is 354 g/mol. The van der Waals surface area contributed by atoms with Gasteiger partial charge < -0.3 is 15.0 Å². The van der Waals surface area contributed by atoms with Crippen molar-refractivity contribution in [3.05, 3.63) is 78.4 Å². The Balaban J connectivity index is 0.000000409. The highest BCUT2D eigenvalue weighted by molar-refractivity contribution is 6.26. The number of hydrogen-bond donors (Lipinski definition) is 1. The third-order valence-electron chi connectivity index (χ3n) is 4.67. The average Bonchev–Trinajstić information content (AvgIpc) is 2.69. The maximum absolute atomic E-state index is 9.04. The van der Waals surface area contributed by atoms with Crippen molar-refractivity contribution in [2.24, 2.45) is 0 Å². The van der Waals surface area contributed by atoms with Crippen LogP contribution in [0.1, 0.15) is 12.0 Å². The highest BCUT2D eigenvalue weighted by Crippen LogP contribution is 2.22.